The highest BCUT2D eigenvalue weighted by atomic mass is 32.2. The van der Waals surface area contributed by atoms with Gasteiger partial charge in [0.1, 0.15) is 0 Å². The number of hydrogen-bond donors (Lipinski definition) is 3. The first-order valence-electron chi connectivity index (χ1n) is 12.0. The first-order chi connectivity index (χ1) is 18.0. The highest BCUT2D eigenvalue weighted by Crippen LogP contribution is 2.23. The third-order valence-electron chi connectivity index (χ3n) is 5.82. The van der Waals surface area contributed by atoms with Gasteiger partial charge in [-0.2, -0.15) is 0 Å². The third kappa shape index (κ3) is 6.66. The summed E-state index contributed by atoms with van der Waals surface area (Å²) in [7, 11) is -3.79. The number of anilines is 3. The van der Waals surface area contributed by atoms with Crippen LogP contribution in [0.1, 0.15) is 47.1 Å². The molecule has 0 fully saturated rings. The Morgan fingerprint density at radius 3 is 1.76 bits per heavy atom. The zero-order valence-corrected chi connectivity index (χ0v) is 22.2. The van der Waals surface area contributed by atoms with Gasteiger partial charge in [-0.05, 0) is 71.6 Å². The summed E-state index contributed by atoms with van der Waals surface area (Å²) in [6.07, 6.45) is 0. The van der Waals surface area contributed by atoms with Crippen LogP contribution in [-0.4, -0.2) is 20.2 Å². The van der Waals surface area contributed by atoms with Crippen molar-refractivity contribution in [1.82, 2.24) is 0 Å². The molecule has 2 amide bonds. The number of carbonyl (C=O) groups is 2. The number of hydrogen-bond acceptors (Lipinski definition) is 4. The summed E-state index contributed by atoms with van der Waals surface area (Å²) in [5.41, 5.74) is 3.19. The lowest BCUT2D eigenvalue weighted by molar-refractivity contribution is 0.101. The number of benzene rings is 4. The zero-order chi connectivity index (χ0) is 27.3. The Kier molecular flexibility index (Phi) is 7.64. The van der Waals surface area contributed by atoms with Crippen LogP contribution in [-0.2, 0) is 15.4 Å². The number of amides is 2. The lowest BCUT2D eigenvalue weighted by Gasteiger charge is -2.19. The highest BCUT2D eigenvalue weighted by Gasteiger charge is 2.16. The summed E-state index contributed by atoms with van der Waals surface area (Å²) in [5.74, 6) is -0.681. The second-order valence-electron chi connectivity index (χ2n) is 9.82. The Hall–Kier alpha value is -4.43. The Bertz CT molecular complexity index is 1560. The molecule has 194 valence electrons. The SMILES string of the molecule is CC(C)(C)c1ccc(C(=O)Nc2cccc(NC(=O)c3cccc(NS(=O)(=O)c4ccccc4)c3)c2)cc1. The van der Waals surface area contributed by atoms with Crippen molar-refractivity contribution in [2.75, 3.05) is 15.4 Å². The summed E-state index contributed by atoms with van der Waals surface area (Å²) in [6.45, 7) is 6.34. The van der Waals surface area contributed by atoms with E-state index in [1.807, 2.05) is 12.1 Å². The van der Waals surface area contributed by atoms with Gasteiger partial charge in [0.25, 0.3) is 21.8 Å². The molecule has 0 saturated carbocycles. The lowest BCUT2D eigenvalue weighted by Crippen LogP contribution is -2.16. The lowest BCUT2D eigenvalue weighted by atomic mass is 9.87. The Morgan fingerprint density at radius 2 is 1.16 bits per heavy atom. The maximum absolute atomic E-state index is 12.9. The topological polar surface area (TPSA) is 104 Å². The molecule has 0 aliphatic carbocycles. The average molecular weight is 528 g/mol. The normalized spacial score (nSPS) is 11.4. The van der Waals surface area contributed by atoms with E-state index < -0.39 is 15.9 Å². The van der Waals surface area contributed by atoms with E-state index in [2.05, 4.69) is 36.1 Å². The second-order valence-corrected chi connectivity index (χ2v) is 11.5. The summed E-state index contributed by atoms with van der Waals surface area (Å²) in [5, 5.41) is 5.64. The third-order valence-corrected chi connectivity index (χ3v) is 7.22. The zero-order valence-electron chi connectivity index (χ0n) is 21.4. The predicted molar refractivity (Wildman–Crippen MR) is 151 cm³/mol. The summed E-state index contributed by atoms with van der Waals surface area (Å²) >= 11 is 0. The van der Waals surface area contributed by atoms with Crippen molar-refractivity contribution < 1.29 is 18.0 Å². The molecule has 0 unspecified atom stereocenters. The predicted octanol–water partition coefficient (Wildman–Crippen LogP) is 6.29. The molecule has 0 atom stereocenters. The highest BCUT2D eigenvalue weighted by molar-refractivity contribution is 7.92. The number of nitrogens with one attached hydrogen (secondary N) is 3. The van der Waals surface area contributed by atoms with E-state index in [-0.39, 0.29) is 27.5 Å². The van der Waals surface area contributed by atoms with Crippen LogP contribution in [0.25, 0.3) is 0 Å². The first kappa shape index (κ1) is 26.6. The van der Waals surface area contributed by atoms with Crippen LogP contribution < -0.4 is 15.4 Å². The van der Waals surface area contributed by atoms with Crippen LogP contribution in [0.5, 0.6) is 0 Å². The van der Waals surface area contributed by atoms with Crippen molar-refractivity contribution >= 4 is 38.9 Å². The van der Waals surface area contributed by atoms with Crippen LogP contribution in [0.3, 0.4) is 0 Å². The molecule has 0 heterocycles. The van der Waals surface area contributed by atoms with Gasteiger partial charge in [0.05, 0.1) is 4.90 Å². The molecule has 0 aliphatic rings. The summed E-state index contributed by atoms with van der Waals surface area (Å²) in [4.78, 5) is 25.7. The molecule has 0 aromatic heterocycles. The first-order valence-corrected chi connectivity index (χ1v) is 13.5. The molecular formula is C30H29N3O4S. The van der Waals surface area contributed by atoms with E-state index >= 15 is 0 Å². The summed E-state index contributed by atoms with van der Waals surface area (Å²) in [6, 6.07) is 28.5. The van der Waals surface area contributed by atoms with Crippen molar-refractivity contribution in [2.45, 2.75) is 31.1 Å². The van der Waals surface area contributed by atoms with Crippen LogP contribution in [0.15, 0.2) is 108 Å². The Balaban J connectivity index is 1.43. The number of sulfonamides is 1. The molecular weight excluding hydrogens is 498 g/mol. The van der Waals surface area contributed by atoms with Crippen molar-refractivity contribution in [2.24, 2.45) is 0 Å². The Morgan fingerprint density at radius 1 is 0.605 bits per heavy atom. The van der Waals surface area contributed by atoms with Crippen LogP contribution in [0.2, 0.25) is 0 Å². The van der Waals surface area contributed by atoms with Crippen LogP contribution in [0, 0.1) is 0 Å². The van der Waals surface area contributed by atoms with E-state index in [0.29, 0.717) is 16.9 Å². The number of rotatable bonds is 7. The van der Waals surface area contributed by atoms with Gasteiger partial charge < -0.3 is 10.6 Å². The van der Waals surface area contributed by atoms with Gasteiger partial charge >= 0.3 is 0 Å². The van der Waals surface area contributed by atoms with Crippen molar-refractivity contribution in [3.63, 3.8) is 0 Å². The Labute approximate surface area is 223 Å². The smallest absolute Gasteiger partial charge is 0.261 e. The maximum Gasteiger partial charge on any atom is 0.261 e. The molecule has 4 aromatic rings. The molecule has 38 heavy (non-hydrogen) atoms. The van der Waals surface area contributed by atoms with E-state index in [9.17, 15) is 18.0 Å². The second kappa shape index (κ2) is 10.9. The number of carbonyl (C=O) groups excluding carboxylic acids is 2. The van der Waals surface area contributed by atoms with E-state index in [1.54, 1.807) is 72.8 Å². The van der Waals surface area contributed by atoms with Gasteiger partial charge in [-0.3, -0.25) is 14.3 Å². The molecule has 0 aliphatic heterocycles. The van der Waals surface area contributed by atoms with E-state index in [0.717, 1.165) is 5.56 Å². The fourth-order valence-electron chi connectivity index (χ4n) is 3.74. The molecule has 3 N–H and O–H groups in total. The molecule has 0 bridgehead atoms. The quantitative estimate of drug-likeness (QED) is 0.263. The van der Waals surface area contributed by atoms with Gasteiger partial charge in [-0.15, -0.1) is 0 Å². The van der Waals surface area contributed by atoms with Crippen molar-refractivity contribution in [3.05, 3.63) is 120 Å². The summed E-state index contributed by atoms with van der Waals surface area (Å²) < 4.78 is 27.7. The molecule has 7 nitrogen and oxygen atoms in total. The van der Waals surface area contributed by atoms with Gasteiger partial charge in [-0.1, -0.05) is 63.2 Å². The largest absolute Gasteiger partial charge is 0.322 e. The van der Waals surface area contributed by atoms with Gasteiger partial charge in [0, 0.05) is 28.2 Å². The molecule has 4 rings (SSSR count). The van der Waals surface area contributed by atoms with E-state index in [4.69, 9.17) is 0 Å². The molecule has 0 radical (unpaired) electrons. The van der Waals surface area contributed by atoms with Gasteiger partial charge in [0.15, 0.2) is 0 Å². The van der Waals surface area contributed by atoms with Gasteiger partial charge in [-0.25, -0.2) is 8.42 Å². The van der Waals surface area contributed by atoms with Gasteiger partial charge in [0.2, 0.25) is 0 Å². The fourth-order valence-corrected chi connectivity index (χ4v) is 4.81. The molecule has 0 saturated heterocycles. The van der Waals surface area contributed by atoms with Crippen LogP contribution >= 0.6 is 0 Å². The average Bonchev–Trinajstić information content (AvgIpc) is 2.89. The van der Waals surface area contributed by atoms with Crippen molar-refractivity contribution in [1.29, 1.82) is 0 Å². The minimum absolute atomic E-state index is 0.00667. The minimum atomic E-state index is -3.79. The van der Waals surface area contributed by atoms with Crippen LogP contribution in [0.4, 0.5) is 17.1 Å². The van der Waals surface area contributed by atoms with E-state index in [1.165, 1.54) is 18.2 Å². The molecule has 0 spiro atoms. The monoisotopic (exact) mass is 527 g/mol. The molecule has 4 aromatic carbocycles. The molecule has 8 heteroatoms. The minimum Gasteiger partial charge on any atom is -0.322 e. The maximum atomic E-state index is 12.9. The standard InChI is InChI=1S/C30H29N3O4S/c1-30(2,3)23-17-15-21(16-18-23)28(34)31-24-10-8-11-25(20-24)32-29(35)22-9-7-12-26(19-22)33-38(36,37)27-13-5-4-6-14-27/h4-20,33H,1-3H3,(H,31,34)(H,32,35). The van der Waals surface area contributed by atoms with Crippen molar-refractivity contribution in [3.8, 4) is 0 Å². The fraction of sp³-hybridized carbons (Fsp3) is 0.133.